The van der Waals surface area contributed by atoms with Gasteiger partial charge in [0.1, 0.15) is 0 Å². The van der Waals surface area contributed by atoms with Crippen LogP contribution in [0.25, 0.3) is 0 Å². The van der Waals surface area contributed by atoms with E-state index in [-0.39, 0.29) is 34.4 Å². The zero-order valence-corrected chi connectivity index (χ0v) is 4.85. The van der Waals surface area contributed by atoms with Crippen LogP contribution in [0.15, 0.2) is 0 Å². The molecule has 0 aromatic rings. The summed E-state index contributed by atoms with van der Waals surface area (Å²) in [4.78, 5) is 0. The monoisotopic (exact) mass is 177 g/mol. The molecule has 3 N–H and O–H groups in total. The average Bonchev–Trinajstić information content (AvgIpc) is 0.811. The summed E-state index contributed by atoms with van der Waals surface area (Å²) in [6.45, 7) is 0. The summed E-state index contributed by atoms with van der Waals surface area (Å²) in [5.41, 5.74) is 0. The molecule has 41 valence electrons. The van der Waals surface area contributed by atoms with Gasteiger partial charge in [0, 0.05) is 34.4 Å². The smallest absolute Gasteiger partial charge is 0.402 e. The van der Waals surface area contributed by atoms with Gasteiger partial charge in [-0.05, 0) is 0 Å². The predicted molar refractivity (Wildman–Crippen MR) is 12.4 cm³/mol. The standard InChI is InChI=1S/BH3O3.Cr.Cu/c2-1(3)4;;/h2-4H;;. The van der Waals surface area contributed by atoms with Gasteiger partial charge in [0.2, 0.25) is 0 Å². The zero-order chi connectivity index (χ0) is 3.58. The fourth-order valence-corrected chi connectivity index (χ4v) is 0. The fourth-order valence-electron chi connectivity index (χ4n) is 0. The van der Waals surface area contributed by atoms with Crippen molar-refractivity contribution in [2.75, 3.05) is 0 Å². The van der Waals surface area contributed by atoms with Gasteiger partial charge in [-0.25, -0.2) is 0 Å². The second kappa shape index (κ2) is 9.37. The zero-order valence-electron chi connectivity index (χ0n) is 2.63. The molecule has 6 heavy (non-hydrogen) atoms. The Hall–Kier alpha value is 0.997. The van der Waals surface area contributed by atoms with Crippen molar-refractivity contribution in [2.24, 2.45) is 0 Å². The van der Waals surface area contributed by atoms with E-state index >= 15 is 0 Å². The Morgan fingerprint density at radius 1 is 1.00 bits per heavy atom. The first-order valence-corrected chi connectivity index (χ1v) is 0.775. The van der Waals surface area contributed by atoms with Crippen LogP contribution in [0.3, 0.4) is 0 Å². The molecule has 0 spiro atoms. The van der Waals surface area contributed by atoms with Gasteiger partial charge in [-0.2, -0.15) is 0 Å². The SMILES string of the molecule is OB(O)O.[Cr].[Cu]. The molecule has 0 amide bonds. The molecule has 0 aliphatic heterocycles. The molecule has 0 heterocycles. The first-order valence-electron chi connectivity index (χ1n) is 0.775. The minimum absolute atomic E-state index is 0. The molecule has 0 fully saturated rings. The molecule has 0 saturated carbocycles. The molecule has 0 saturated heterocycles. The summed E-state index contributed by atoms with van der Waals surface area (Å²) in [6.07, 6.45) is 0. The molecule has 0 atom stereocenters. The Bertz CT molecular complexity index is 15.5. The third kappa shape index (κ3) is 80.3. The van der Waals surface area contributed by atoms with E-state index in [1.54, 1.807) is 0 Å². The third-order valence-corrected chi connectivity index (χ3v) is 0. The van der Waals surface area contributed by atoms with Crippen LogP contribution < -0.4 is 0 Å². The van der Waals surface area contributed by atoms with E-state index in [4.69, 9.17) is 15.1 Å². The van der Waals surface area contributed by atoms with E-state index in [1.165, 1.54) is 0 Å². The van der Waals surface area contributed by atoms with E-state index in [2.05, 4.69) is 0 Å². The molecular formula is H3BCrCuO3. The first-order chi connectivity index (χ1) is 1.73. The summed E-state index contributed by atoms with van der Waals surface area (Å²) < 4.78 is 0. The maximum absolute atomic E-state index is 7.17. The van der Waals surface area contributed by atoms with Crippen LogP contribution >= 0.6 is 0 Å². The molecule has 0 rings (SSSR count). The van der Waals surface area contributed by atoms with Gasteiger partial charge in [-0.3, -0.25) is 0 Å². The van der Waals surface area contributed by atoms with Gasteiger partial charge in [0.05, 0.1) is 0 Å². The second-order valence-corrected chi connectivity index (χ2v) is 0.346. The van der Waals surface area contributed by atoms with Crippen LogP contribution in [-0.4, -0.2) is 22.4 Å². The van der Waals surface area contributed by atoms with Crippen LogP contribution in [0.4, 0.5) is 0 Å². The topological polar surface area (TPSA) is 60.7 Å². The molecule has 0 aromatic carbocycles. The van der Waals surface area contributed by atoms with Gasteiger partial charge >= 0.3 is 7.32 Å². The maximum atomic E-state index is 7.17. The van der Waals surface area contributed by atoms with Gasteiger partial charge < -0.3 is 15.1 Å². The Morgan fingerprint density at radius 3 is 1.00 bits per heavy atom. The molecule has 3 nitrogen and oxygen atoms in total. The third-order valence-electron chi connectivity index (χ3n) is 0. The molecule has 6 heteroatoms. The Kier molecular flexibility index (Phi) is 24.6. The van der Waals surface area contributed by atoms with Crippen LogP contribution in [0.1, 0.15) is 0 Å². The van der Waals surface area contributed by atoms with Crippen molar-refractivity contribution < 1.29 is 49.5 Å². The second-order valence-electron chi connectivity index (χ2n) is 0.346. The normalized spacial score (nSPS) is 4.50. The maximum Gasteiger partial charge on any atom is 0.631 e. The summed E-state index contributed by atoms with van der Waals surface area (Å²) >= 11 is 0. The largest absolute Gasteiger partial charge is 0.631 e. The van der Waals surface area contributed by atoms with Crippen molar-refractivity contribution >= 4 is 7.32 Å². The Labute approximate surface area is 57.2 Å². The van der Waals surface area contributed by atoms with Crippen molar-refractivity contribution in [1.29, 1.82) is 0 Å². The summed E-state index contributed by atoms with van der Waals surface area (Å²) in [5.74, 6) is 0. The Balaban J connectivity index is -0.0000000450. The van der Waals surface area contributed by atoms with Gasteiger partial charge in [0.15, 0.2) is 0 Å². The van der Waals surface area contributed by atoms with E-state index in [0.29, 0.717) is 0 Å². The number of rotatable bonds is 0. The summed E-state index contributed by atoms with van der Waals surface area (Å²) in [5, 5.41) is 21.5. The fraction of sp³-hybridized carbons (Fsp3) is 0. The van der Waals surface area contributed by atoms with Gasteiger partial charge in [0.25, 0.3) is 0 Å². The molecule has 0 aliphatic rings. The van der Waals surface area contributed by atoms with Gasteiger partial charge in [-0.15, -0.1) is 0 Å². The molecular weight excluding hydrogens is 174 g/mol. The first kappa shape index (κ1) is 15.8. The van der Waals surface area contributed by atoms with Crippen LogP contribution in [0.2, 0.25) is 0 Å². The van der Waals surface area contributed by atoms with Crippen molar-refractivity contribution in [3.05, 3.63) is 0 Å². The van der Waals surface area contributed by atoms with E-state index < -0.39 is 7.32 Å². The van der Waals surface area contributed by atoms with Crippen molar-refractivity contribution in [2.45, 2.75) is 0 Å². The van der Waals surface area contributed by atoms with Crippen LogP contribution in [0, 0.1) is 0 Å². The minimum Gasteiger partial charge on any atom is -0.402 e. The van der Waals surface area contributed by atoms with Crippen molar-refractivity contribution in [3.63, 3.8) is 0 Å². The predicted octanol–water partition coefficient (Wildman–Crippen LogP) is -2.06. The quantitative estimate of drug-likeness (QED) is 0.373. The molecule has 1 radical (unpaired) electrons. The van der Waals surface area contributed by atoms with Crippen molar-refractivity contribution in [3.8, 4) is 0 Å². The molecule has 0 bridgehead atoms. The van der Waals surface area contributed by atoms with E-state index in [1.807, 2.05) is 0 Å². The number of hydrogen-bond acceptors (Lipinski definition) is 3. The van der Waals surface area contributed by atoms with Gasteiger partial charge in [-0.1, -0.05) is 0 Å². The van der Waals surface area contributed by atoms with Crippen molar-refractivity contribution in [1.82, 2.24) is 0 Å². The van der Waals surface area contributed by atoms with Crippen LogP contribution in [0.5, 0.6) is 0 Å². The summed E-state index contributed by atoms with van der Waals surface area (Å²) in [6, 6.07) is 0. The van der Waals surface area contributed by atoms with E-state index in [9.17, 15) is 0 Å². The van der Waals surface area contributed by atoms with Crippen LogP contribution in [-0.2, 0) is 34.4 Å². The molecule has 0 aromatic heterocycles. The van der Waals surface area contributed by atoms with E-state index in [0.717, 1.165) is 0 Å². The average molecular weight is 177 g/mol. The minimum atomic E-state index is -2.17. The number of hydrogen-bond donors (Lipinski definition) is 3. The summed E-state index contributed by atoms with van der Waals surface area (Å²) in [7, 11) is -2.17. The molecule has 0 aliphatic carbocycles. The molecule has 0 unspecified atom stereocenters. The Morgan fingerprint density at radius 2 is 1.00 bits per heavy atom.